The normalized spacial score (nSPS) is 10.0. The molecule has 0 atom stereocenters. The van der Waals surface area contributed by atoms with E-state index in [4.69, 9.17) is 4.74 Å². The molecule has 0 saturated carbocycles. The van der Waals surface area contributed by atoms with E-state index in [1.807, 2.05) is 48.5 Å². The molecule has 0 radical (unpaired) electrons. The SMILES string of the molecule is O=C(COc1ccccc1I)Nc1cccc(Br)c1. The molecule has 1 amide bonds. The molecule has 0 heterocycles. The van der Waals surface area contributed by atoms with E-state index in [-0.39, 0.29) is 12.5 Å². The highest BCUT2D eigenvalue weighted by atomic mass is 127. The molecule has 0 bridgehead atoms. The van der Waals surface area contributed by atoms with Gasteiger partial charge in [0.15, 0.2) is 6.61 Å². The van der Waals surface area contributed by atoms with Crippen molar-refractivity contribution in [2.45, 2.75) is 0 Å². The first-order valence-electron chi connectivity index (χ1n) is 5.58. The lowest BCUT2D eigenvalue weighted by Gasteiger charge is -2.08. The third-order valence-corrected chi connectivity index (χ3v) is 3.69. The van der Waals surface area contributed by atoms with Crippen LogP contribution in [0.3, 0.4) is 0 Å². The zero-order valence-corrected chi connectivity index (χ0v) is 13.6. The van der Waals surface area contributed by atoms with Gasteiger partial charge in [0.2, 0.25) is 0 Å². The zero-order chi connectivity index (χ0) is 13.7. The molecule has 2 rings (SSSR count). The second-order valence-corrected chi connectivity index (χ2v) is 5.86. The van der Waals surface area contributed by atoms with Gasteiger partial charge in [-0.15, -0.1) is 0 Å². The van der Waals surface area contributed by atoms with Crippen LogP contribution in [0.2, 0.25) is 0 Å². The smallest absolute Gasteiger partial charge is 0.262 e. The van der Waals surface area contributed by atoms with Crippen LogP contribution in [0.15, 0.2) is 53.0 Å². The van der Waals surface area contributed by atoms with Gasteiger partial charge in [0.1, 0.15) is 5.75 Å². The summed E-state index contributed by atoms with van der Waals surface area (Å²) in [6.45, 7) is -0.00741. The third kappa shape index (κ3) is 4.50. The fraction of sp³-hybridized carbons (Fsp3) is 0.0714. The Balaban J connectivity index is 1.90. The van der Waals surface area contributed by atoms with Gasteiger partial charge in [0, 0.05) is 10.2 Å². The van der Waals surface area contributed by atoms with Gasteiger partial charge in [-0.1, -0.05) is 34.1 Å². The van der Waals surface area contributed by atoms with Crippen LogP contribution in [-0.4, -0.2) is 12.5 Å². The Labute approximate surface area is 133 Å². The van der Waals surface area contributed by atoms with Gasteiger partial charge in [-0.3, -0.25) is 4.79 Å². The summed E-state index contributed by atoms with van der Waals surface area (Å²) in [7, 11) is 0. The maximum Gasteiger partial charge on any atom is 0.262 e. The number of halogens is 2. The Morgan fingerprint density at radius 3 is 2.74 bits per heavy atom. The molecule has 0 aromatic heterocycles. The van der Waals surface area contributed by atoms with Crippen molar-refractivity contribution >= 4 is 50.1 Å². The summed E-state index contributed by atoms with van der Waals surface area (Å²) < 4.78 is 7.37. The van der Waals surface area contributed by atoms with Crippen LogP contribution in [0, 0.1) is 3.57 Å². The van der Waals surface area contributed by atoms with Crippen LogP contribution in [0.1, 0.15) is 0 Å². The lowest BCUT2D eigenvalue weighted by molar-refractivity contribution is -0.118. The summed E-state index contributed by atoms with van der Waals surface area (Å²) in [6.07, 6.45) is 0. The maximum atomic E-state index is 11.8. The molecule has 98 valence electrons. The number of amides is 1. The monoisotopic (exact) mass is 431 g/mol. The predicted molar refractivity (Wildman–Crippen MR) is 87.4 cm³/mol. The molecule has 0 saturated heterocycles. The standard InChI is InChI=1S/C14H11BrINO2/c15-10-4-3-5-11(8-10)17-14(18)9-19-13-7-2-1-6-12(13)16/h1-8H,9H2,(H,17,18). The highest BCUT2D eigenvalue weighted by Gasteiger charge is 2.05. The van der Waals surface area contributed by atoms with Crippen LogP contribution < -0.4 is 10.1 Å². The lowest BCUT2D eigenvalue weighted by Crippen LogP contribution is -2.20. The van der Waals surface area contributed by atoms with E-state index in [1.54, 1.807) is 0 Å². The van der Waals surface area contributed by atoms with Gasteiger partial charge < -0.3 is 10.1 Å². The summed E-state index contributed by atoms with van der Waals surface area (Å²) >= 11 is 5.53. The van der Waals surface area contributed by atoms with Crippen molar-refractivity contribution in [1.29, 1.82) is 0 Å². The summed E-state index contributed by atoms with van der Waals surface area (Å²) in [5.74, 6) is 0.533. The van der Waals surface area contributed by atoms with E-state index in [2.05, 4.69) is 43.8 Å². The Morgan fingerprint density at radius 1 is 1.21 bits per heavy atom. The molecule has 2 aromatic carbocycles. The van der Waals surface area contributed by atoms with E-state index in [0.29, 0.717) is 5.75 Å². The molecule has 0 spiro atoms. The van der Waals surface area contributed by atoms with Gasteiger partial charge >= 0.3 is 0 Å². The summed E-state index contributed by atoms with van der Waals surface area (Å²) in [6, 6.07) is 15.0. The summed E-state index contributed by atoms with van der Waals surface area (Å²) in [5.41, 5.74) is 0.741. The van der Waals surface area contributed by atoms with Crippen molar-refractivity contribution < 1.29 is 9.53 Å². The highest BCUT2D eigenvalue weighted by Crippen LogP contribution is 2.20. The molecule has 1 N–H and O–H groups in total. The van der Waals surface area contributed by atoms with Crippen molar-refractivity contribution in [1.82, 2.24) is 0 Å². The molecule has 0 unspecified atom stereocenters. The minimum atomic E-state index is -0.183. The second-order valence-electron chi connectivity index (χ2n) is 3.78. The van der Waals surface area contributed by atoms with Crippen LogP contribution in [0.25, 0.3) is 0 Å². The molecule has 0 fully saturated rings. The third-order valence-electron chi connectivity index (χ3n) is 2.30. The Kier molecular flexibility index (Phi) is 5.21. The Morgan fingerprint density at radius 2 is 2.00 bits per heavy atom. The molecule has 19 heavy (non-hydrogen) atoms. The molecule has 3 nitrogen and oxygen atoms in total. The number of para-hydroxylation sites is 1. The van der Waals surface area contributed by atoms with Crippen molar-refractivity contribution in [3.05, 3.63) is 56.6 Å². The van der Waals surface area contributed by atoms with E-state index in [9.17, 15) is 4.79 Å². The number of hydrogen-bond acceptors (Lipinski definition) is 2. The van der Waals surface area contributed by atoms with Gasteiger partial charge in [-0.2, -0.15) is 0 Å². The van der Waals surface area contributed by atoms with Crippen LogP contribution in [0.4, 0.5) is 5.69 Å². The second kappa shape index (κ2) is 6.91. The van der Waals surface area contributed by atoms with E-state index in [0.717, 1.165) is 13.7 Å². The van der Waals surface area contributed by atoms with Crippen LogP contribution in [-0.2, 0) is 4.79 Å². The number of nitrogens with one attached hydrogen (secondary N) is 1. The highest BCUT2D eigenvalue weighted by molar-refractivity contribution is 14.1. The number of benzene rings is 2. The largest absolute Gasteiger partial charge is 0.483 e. The van der Waals surface area contributed by atoms with E-state index in [1.165, 1.54) is 0 Å². The minimum absolute atomic E-state index is 0.00741. The van der Waals surface area contributed by atoms with Crippen molar-refractivity contribution in [2.75, 3.05) is 11.9 Å². The number of ether oxygens (including phenoxy) is 1. The summed E-state index contributed by atoms with van der Waals surface area (Å²) in [5, 5.41) is 2.78. The van der Waals surface area contributed by atoms with E-state index >= 15 is 0 Å². The fourth-order valence-corrected chi connectivity index (χ4v) is 2.41. The fourth-order valence-electron chi connectivity index (χ4n) is 1.47. The number of carbonyl (C=O) groups is 1. The number of hydrogen-bond donors (Lipinski definition) is 1. The van der Waals surface area contributed by atoms with Gasteiger partial charge in [0.25, 0.3) is 5.91 Å². The predicted octanol–water partition coefficient (Wildman–Crippen LogP) is 4.07. The number of rotatable bonds is 4. The average molecular weight is 432 g/mol. The molecule has 0 aliphatic rings. The van der Waals surface area contributed by atoms with Crippen molar-refractivity contribution in [3.63, 3.8) is 0 Å². The van der Waals surface area contributed by atoms with Crippen LogP contribution >= 0.6 is 38.5 Å². The molecular formula is C14H11BrINO2. The number of anilines is 1. The van der Waals surface area contributed by atoms with Gasteiger partial charge in [-0.05, 0) is 52.9 Å². The number of carbonyl (C=O) groups excluding carboxylic acids is 1. The average Bonchev–Trinajstić information content (AvgIpc) is 2.38. The van der Waals surface area contributed by atoms with Gasteiger partial charge in [-0.25, -0.2) is 0 Å². The Bertz CT molecular complexity index is 589. The van der Waals surface area contributed by atoms with E-state index < -0.39 is 0 Å². The topological polar surface area (TPSA) is 38.3 Å². The Hall–Kier alpha value is -1.08. The van der Waals surface area contributed by atoms with Crippen molar-refractivity contribution in [3.8, 4) is 5.75 Å². The first kappa shape index (κ1) is 14.3. The van der Waals surface area contributed by atoms with Gasteiger partial charge in [0.05, 0.1) is 3.57 Å². The molecular weight excluding hydrogens is 421 g/mol. The maximum absolute atomic E-state index is 11.8. The molecule has 0 aliphatic heterocycles. The van der Waals surface area contributed by atoms with Crippen LogP contribution in [0.5, 0.6) is 5.75 Å². The first-order chi connectivity index (χ1) is 9.15. The molecule has 0 aliphatic carbocycles. The molecule has 5 heteroatoms. The molecule has 2 aromatic rings. The zero-order valence-electron chi connectivity index (χ0n) is 9.90. The summed E-state index contributed by atoms with van der Waals surface area (Å²) in [4.78, 5) is 11.8. The first-order valence-corrected chi connectivity index (χ1v) is 7.45. The minimum Gasteiger partial charge on any atom is -0.483 e. The lowest BCUT2D eigenvalue weighted by atomic mass is 10.3. The quantitative estimate of drug-likeness (QED) is 0.741. The van der Waals surface area contributed by atoms with Crippen molar-refractivity contribution in [2.24, 2.45) is 0 Å².